The Labute approximate surface area is 120 Å². The van der Waals surface area contributed by atoms with Crippen LogP contribution in [0, 0.1) is 5.82 Å². The quantitative estimate of drug-likeness (QED) is 0.811. The molecule has 0 amide bonds. The first-order valence-corrected chi connectivity index (χ1v) is 6.42. The Kier molecular flexibility index (Phi) is 3.01. The molecule has 1 aliphatic rings. The molecule has 106 valence electrons. The number of nitrogens with zero attached hydrogens (tertiary/aromatic N) is 4. The largest absolute Gasteiger partial charge is 0.334 e. The van der Waals surface area contributed by atoms with Gasteiger partial charge in [0.15, 0.2) is 0 Å². The van der Waals surface area contributed by atoms with E-state index in [4.69, 9.17) is 0 Å². The van der Waals surface area contributed by atoms with Crippen molar-refractivity contribution < 1.29 is 9.18 Å². The Morgan fingerprint density at radius 1 is 1.38 bits per heavy atom. The van der Waals surface area contributed by atoms with Gasteiger partial charge in [-0.15, -0.1) is 0 Å². The Morgan fingerprint density at radius 3 is 2.76 bits per heavy atom. The fourth-order valence-corrected chi connectivity index (χ4v) is 2.56. The number of aromatic nitrogens is 2. The van der Waals surface area contributed by atoms with E-state index < -0.39 is 11.2 Å². The zero-order valence-electron chi connectivity index (χ0n) is 11.6. The number of halogens is 1. The zero-order chi connectivity index (χ0) is 15.0. The van der Waals surface area contributed by atoms with E-state index in [1.165, 1.54) is 12.3 Å². The molecule has 0 saturated carbocycles. The van der Waals surface area contributed by atoms with Crippen LogP contribution >= 0.6 is 0 Å². The highest BCUT2D eigenvalue weighted by Crippen LogP contribution is 2.35. The molecule has 1 atom stereocenters. The van der Waals surface area contributed by atoms with Gasteiger partial charge in [-0.05, 0) is 13.0 Å². The van der Waals surface area contributed by atoms with Crippen LogP contribution in [0.15, 0.2) is 40.8 Å². The second kappa shape index (κ2) is 4.73. The van der Waals surface area contributed by atoms with E-state index in [0.29, 0.717) is 23.4 Å². The summed E-state index contributed by atoms with van der Waals surface area (Å²) in [5, 5.41) is 7.67. The topological polar surface area (TPSA) is 59.6 Å². The van der Waals surface area contributed by atoms with Crippen molar-refractivity contribution in [2.45, 2.75) is 12.3 Å². The third-order valence-corrected chi connectivity index (χ3v) is 3.74. The van der Waals surface area contributed by atoms with Crippen LogP contribution in [0.5, 0.6) is 0 Å². The van der Waals surface area contributed by atoms with Gasteiger partial charge < -0.3 is 9.36 Å². The number of hydrogen-bond acceptors (Lipinski definition) is 4. The highest BCUT2D eigenvalue weighted by atomic mass is 19.1. The van der Waals surface area contributed by atoms with Gasteiger partial charge in [-0.1, -0.05) is 12.1 Å². The second-order valence-electron chi connectivity index (χ2n) is 4.94. The van der Waals surface area contributed by atoms with E-state index in [9.17, 15) is 9.18 Å². The van der Waals surface area contributed by atoms with Crippen LogP contribution in [0.4, 0.5) is 4.39 Å². The van der Waals surface area contributed by atoms with E-state index >= 15 is 0 Å². The highest BCUT2D eigenvalue weighted by molar-refractivity contribution is 6.23. The highest BCUT2D eigenvalue weighted by Gasteiger charge is 2.41. The maximum Gasteiger partial charge on any atom is 0.141 e. The van der Waals surface area contributed by atoms with Crippen molar-refractivity contribution in [1.82, 2.24) is 9.55 Å². The summed E-state index contributed by atoms with van der Waals surface area (Å²) in [5.41, 5.74) is -0.0422. The van der Waals surface area contributed by atoms with Gasteiger partial charge in [-0.25, -0.2) is 9.37 Å². The molecule has 0 aliphatic carbocycles. The summed E-state index contributed by atoms with van der Waals surface area (Å²) in [4.78, 5) is 16.0. The minimum atomic E-state index is -1.27. The summed E-state index contributed by atoms with van der Waals surface area (Å²) in [5.74, 6) is 0.101. The van der Waals surface area contributed by atoms with E-state index in [1.54, 1.807) is 36.0 Å². The summed E-state index contributed by atoms with van der Waals surface area (Å²) in [7, 11) is 1.81. The van der Waals surface area contributed by atoms with Crippen molar-refractivity contribution in [3.05, 3.63) is 42.0 Å². The second-order valence-corrected chi connectivity index (χ2v) is 4.94. The molecule has 0 radical (unpaired) electrons. The molecule has 3 rings (SSSR count). The molecule has 1 aromatic heterocycles. The summed E-state index contributed by atoms with van der Waals surface area (Å²) >= 11 is 0. The molecule has 0 fully saturated rings. The first kappa shape index (κ1) is 13.4. The molecular formula is C15H13FN4O. The van der Waals surface area contributed by atoms with Crippen molar-refractivity contribution in [1.29, 1.82) is 0 Å². The third-order valence-electron chi connectivity index (χ3n) is 3.74. The van der Waals surface area contributed by atoms with Crippen molar-refractivity contribution in [3.63, 3.8) is 0 Å². The SMILES string of the molecule is CC1=NN=CC1(C=O)c1c(F)cccc1-c1nccn1C. The Balaban J connectivity index is 2.34. The lowest BCUT2D eigenvalue weighted by atomic mass is 9.76. The van der Waals surface area contributed by atoms with Gasteiger partial charge in [0.2, 0.25) is 0 Å². The summed E-state index contributed by atoms with van der Waals surface area (Å²) < 4.78 is 16.3. The molecule has 5 nitrogen and oxygen atoms in total. The van der Waals surface area contributed by atoms with Gasteiger partial charge in [0, 0.05) is 30.6 Å². The number of benzene rings is 1. The molecule has 1 unspecified atom stereocenters. The molecule has 21 heavy (non-hydrogen) atoms. The average molecular weight is 284 g/mol. The molecule has 0 N–H and O–H groups in total. The van der Waals surface area contributed by atoms with Gasteiger partial charge in [-0.3, -0.25) is 0 Å². The van der Waals surface area contributed by atoms with Gasteiger partial charge in [0.1, 0.15) is 23.3 Å². The van der Waals surface area contributed by atoms with Gasteiger partial charge in [0.05, 0.1) is 11.9 Å². The maximum atomic E-state index is 14.5. The lowest BCUT2D eigenvalue weighted by molar-refractivity contribution is -0.109. The lowest BCUT2D eigenvalue weighted by Crippen LogP contribution is -2.37. The molecule has 6 heteroatoms. The summed E-state index contributed by atoms with van der Waals surface area (Å²) in [6.45, 7) is 1.66. The first-order chi connectivity index (χ1) is 10.1. The predicted octanol–water partition coefficient (Wildman–Crippen LogP) is 2.12. The Morgan fingerprint density at radius 2 is 2.19 bits per heavy atom. The molecule has 1 aromatic carbocycles. The van der Waals surface area contributed by atoms with Gasteiger partial charge >= 0.3 is 0 Å². The third kappa shape index (κ3) is 1.83. The molecule has 1 aliphatic heterocycles. The maximum absolute atomic E-state index is 14.5. The summed E-state index contributed by atoms with van der Waals surface area (Å²) in [6.07, 6.45) is 5.44. The monoisotopic (exact) mass is 284 g/mol. The van der Waals surface area contributed by atoms with E-state index in [-0.39, 0.29) is 5.56 Å². The number of aryl methyl sites for hydroxylation is 1. The van der Waals surface area contributed by atoms with Crippen LogP contribution in [0.3, 0.4) is 0 Å². The number of rotatable bonds is 3. The molecule has 2 heterocycles. The molecule has 0 saturated heterocycles. The van der Waals surface area contributed by atoms with Crippen LogP contribution < -0.4 is 0 Å². The van der Waals surface area contributed by atoms with Crippen LogP contribution in [-0.2, 0) is 17.3 Å². The normalized spacial score (nSPS) is 20.6. The Bertz CT molecular complexity index is 778. The smallest absolute Gasteiger partial charge is 0.141 e. The average Bonchev–Trinajstić information content (AvgIpc) is 3.05. The van der Waals surface area contributed by atoms with Crippen molar-refractivity contribution in [3.8, 4) is 11.4 Å². The van der Waals surface area contributed by atoms with Crippen molar-refractivity contribution >= 4 is 18.2 Å². The van der Waals surface area contributed by atoms with Crippen LogP contribution in [-0.4, -0.2) is 27.8 Å². The predicted molar refractivity (Wildman–Crippen MR) is 77.9 cm³/mol. The van der Waals surface area contributed by atoms with E-state index in [1.807, 2.05) is 7.05 Å². The van der Waals surface area contributed by atoms with Crippen LogP contribution in [0.2, 0.25) is 0 Å². The number of carbonyl (C=O) groups excluding carboxylic acids is 1. The lowest BCUT2D eigenvalue weighted by Gasteiger charge is -2.23. The van der Waals surface area contributed by atoms with E-state index in [0.717, 1.165) is 0 Å². The standard InChI is InChI=1S/C15H13FN4O/c1-10-15(9-21,8-18-19-10)13-11(4-3-5-12(13)16)14-17-6-7-20(14)2/h3-9H,1-2H3. The number of imidazole rings is 1. The minimum absolute atomic E-state index is 0.233. The fourth-order valence-electron chi connectivity index (χ4n) is 2.56. The van der Waals surface area contributed by atoms with Crippen molar-refractivity contribution in [2.24, 2.45) is 17.3 Å². The molecule has 2 aromatic rings. The first-order valence-electron chi connectivity index (χ1n) is 6.42. The molecular weight excluding hydrogens is 271 g/mol. The van der Waals surface area contributed by atoms with Crippen LogP contribution in [0.25, 0.3) is 11.4 Å². The minimum Gasteiger partial charge on any atom is -0.334 e. The number of aldehydes is 1. The van der Waals surface area contributed by atoms with Crippen LogP contribution in [0.1, 0.15) is 12.5 Å². The van der Waals surface area contributed by atoms with Gasteiger partial charge in [-0.2, -0.15) is 10.2 Å². The Hall–Kier alpha value is -2.63. The zero-order valence-corrected chi connectivity index (χ0v) is 11.6. The summed E-state index contributed by atoms with van der Waals surface area (Å²) in [6, 6.07) is 4.66. The number of hydrogen-bond donors (Lipinski definition) is 0. The van der Waals surface area contributed by atoms with Crippen molar-refractivity contribution in [2.75, 3.05) is 0 Å². The number of carbonyl (C=O) groups is 1. The van der Waals surface area contributed by atoms with Gasteiger partial charge in [0.25, 0.3) is 0 Å². The molecule has 0 bridgehead atoms. The molecule has 0 spiro atoms. The fraction of sp³-hybridized carbons (Fsp3) is 0.200. The van der Waals surface area contributed by atoms with E-state index in [2.05, 4.69) is 15.2 Å².